The second-order valence-electron chi connectivity index (χ2n) is 5.74. The topological polar surface area (TPSA) is 62.0 Å². The van der Waals surface area contributed by atoms with E-state index in [9.17, 15) is 0 Å². The summed E-state index contributed by atoms with van der Waals surface area (Å²) < 4.78 is 5.61. The lowest BCUT2D eigenvalue weighted by atomic mass is 9.94. The monoisotopic (exact) mass is 300 g/mol. The van der Waals surface area contributed by atoms with Gasteiger partial charge in [-0.25, -0.2) is 0 Å². The van der Waals surface area contributed by atoms with Crippen molar-refractivity contribution in [2.75, 3.05) is 19.8 Å². The summed E-state index contributed by atoms with van der Waals surface area (Å²) in [5.41, 5.74) is 2.44. The number of aromatic nitrogens is 2. The molecule has 1 saturated carbocycles. The second kappa shape index (κ2) is 7.41. The number of hydrogen-bond donors (Lipinski definition) is 3. The molecular weight excluding hydrogens is 276 g/mol. The zero-order valence-electron chi connectivity index (χ0n) is 12.0. The number of rotatable bonds is 4. The number of morpholine rings is 1. The van der Waals surface area contributed by atoms with Crippen LogP contribution < -0.4 is 10.6 Å². The van der Waals surface area contributed by atoms with Gasteiger partial charge >= 0.3 is 0 Å². The molecule has 1 aliphatic carbocycles. The van der Waals surface area contributed by atoms with Crippen molar-refractivity contribution in [1.29, 1.82) is 0 Å². The van der Waals surface area contributed by atoms with Crippen molar-refractivity contribution >= 4 is 12.4 Å². The van der Waals surface area contributed by atoms with E-state index >= 15 is 0 Å². The number of ether oxygens (including phenoxy) is 1. The van der Waals surface area contributed by atoms with Crippen molar-refractivity contribution in [3.05, 3.63) is 17.5 Å². The van der Waals surface area contributed by atoms with Gasteiger partial charge in [0.25, 0.3) is 0 Å². The van der Waals surface area contributed by atoms with E-state index in [0.29, 0.717) is 18.0 Å². The van der Waals surface area contributed by atoms with E-state index in [-0.39, 0.29) is 12.4 Å². The predicted molar refractivity (Wildman–Crippen MR) is 81.2 cm³/mol. The lowest BCUT2D eigenvalue weighted by molar-refractivity contribution is 0.0524. The number of aromatic amines is 1. The molecule has 3 N–H and O–H groups in total. The van der Waals surface area contributed by atoms with Crippen LogP contribution in [0.4, 0.5) is 0 Å². The quantitative estimate of drug-likeness (QED) is 0.786. The van der Waals surface area contributed by atoms with Crippen LogP contribution in [0.1, 0.15) is 30.5 Å². The highest BCUT2D eigenvalue weighted by molar-refractivity contribution is 5.85. The van der Waals surface area contributed by atoms with Crippen LogP contribution in [0.3, 0.4) is 0 Å². The minimum atomic E-state index is 0. The largest absolute Gasteiger partial charge is 0.379 e. The lowest BCUT2D eigenvalue weighted by Gasteiger charge is -2.33. The van der Waals surface area contributed by atoms with Gasteiger partial charge < -0.3 is 15.4 Å². The van der Waals surface area contributed by atoms with Gasteiger partial charge in [-0.2, -0.15) is 5.10 Å². The first kappa shape index (κ1) is 15.8. The maximum absolute atomic E-state index is 5.61. The fraction of sp³-hybridized carbons (Fsp3) is 0.786. The Morgan fingerprint density at radius 2 is 2.35 bits per heavy atom. The Morgan fingerprint density at radius 3 is 3.05 bits per heavy atom. The summed E-state index contributed by atoms with van der Waals surface area (Å²) in [6, 6.07) is 1.13. The fourth-order valence-corrected chi connectivity index (χ4v) is 3.38. The van der Waals surface area contributed by atoms with Crippen molar-refractivity contribution in [3.8, 4) is 0 Å². The molecule has 2 heterocycles. The third-order valence-corrected chi connectivity index (χ3v) is 4.53. The number of hydrogen-bond acceptors (Lipinski definition) is 4. The molecule has 3 atom stereocenters. The third kappa shape index (κ3) is 3.52. The van der Waals surface area contributed by atoms with Crippen molar-refractivity contribution in [3.63, 3.8) is 0 Å². The number of H-pyrrole nitrogens is 1. The number of halogens is 1. The summed E-state index contributed by atoms with van der Waals surface area (Å²) in [6.07, 6.45) is 5.84. The molecule has 2 fully saturated rings. The van der Waals surface area contributed by atoms with Gasteiger partial charge in [0.15, 0.2) is 0 Å². The van der Waals surface area contributed by atoms with Gasteiger partial charge in [0.2, 0.25) is 0 Å². The smallest absolute Gasteiger partial charge is 0.0623 e. The molecule has 0 aromatic carbocycles. The molecule has 3 unspecified atom stereocenters. The van der Waals surface area contributed by atoms with Gasteiger partial charge in [0.05, 0.1) is 19.4 Å². The molecule has 1 aliphatic heterocycles. The highest BCUT2D eigenvalue weighted by Crippen LogP contribution is 2.29. The number of nitrogens with zero attached hydrogens (tertiary/aromatic N) is 1. The van der Waals surface area contributed by atoms with Crippen LogP contribution in [0.5, 0.6) is 0 Å². The summed E-state index contributed by atoms with van der Waals surface area (Å²) in [4.78, 5) is 0. The van der Waals surface area contributed by atoms with E-state index in [0.717, 1.165) is 26.3 Å². The van der Waals surface area contributed by atoms with E-state index in [4.69, 9.17) is 4.74 Å². The molecule has 1 aromatic rings. The van der Waals surface area contributed by atoms with Crippen LogP contribution in [0.2, 0.25) is 0 Å². The summed E-state index contributed by atoms with van der Waals surface area (Å²) >= 11 is 0. The van der Waals surface area contributed by atoms with Crippen LogP contribution in [0.15, 0.2) is 6.20 Å². The average molecular weight is 301 g/mol. The number of aryl methyl sites for hydroxylation is 1. The molecule has 0 bridgehead atoms. The normalized spacial score (nSPS) is 30.1. The minimum Gasteiger partial charge on any atom is -0.379 e. The maximum atomic E-state index is 5.61. The van der Waals surface area contributed by atoms with Crippen LogP contribution in [0.25, 0.3) is 0 Å². The van der Waals surface area contributed by atoms with Gasteiger partial charge in [-0.3, -0.25) is 5.10 Å². The lowest BCUT2D eigenvalue weighted by Crippen LogP contribution is -2.50. The Kier molecular flexibility index (Phi) is 5.84. The molecule has 6 heteroatoms. The summed E-state index contributed by atoms with van der Waals surface area (Å²) in [6.45, 7) is 5.71. The highest BCUT2D eigenvalue weighted by atomic mass is 35.5. The van der Waals surface area contributed by atoms with E-state index < -0.39 is 0 Å². The van der Waals surface area contributed by atoms with Crippen LogP contribution in [-0.2, 0) is 11.3 Å². The van der Waals surface area contributed by atoms with Gasteiger partial charge in [0, 0.05) is 36.4 Å². The molecule has 1 saturated heterocycles. The predicted octanol–water partition coefficient (Wildman–Crippen LogP) is 1.39. The van der Waals surface area contributed by atoms with E-state index in [1.54, 1.807) is 0 Å². The zero-order chi connectivity index (χ0) is 13.1. The van der Waals surface area contributed by atoms with Crippen molar-refractivity contribution in [2.45, 2.75) is 44.8 Å². The fourth-order valence-electron chi connectivity index (χ4n) is 3.38. The molecule has 5 nitrogen and oxygen atoms in total. The van der Waals surface area contributed by atoms with Crippen molar-refractivity contribution in [1.82, 2.24) is 20.8 Å². The summed E-state index contributed by atoms with van der Waals surface area (Å²) in [5.74, 6) is 0.701. The number of nitrogens with one attached hydrogen (secondary N) is 3. The van der Waals surface area contributed by atoms with E-state index in [2.05, 4.69) is 27.8 Å². The van der Waals surface area contributed by atoms with Crippen molar-refractivity contribution in [2.24, 2.45) is 5.92 Å². The SMILES string of the molecule is Cc1[nH]ncc1CNC1CCCC1C1COCCN1.Cl. The Hall–Kier alpha value is -0.620. The zero-order valence-corrected chi connectivity index (χ0v) is 12.8. The van der Waals surface area contributed by atoms with E-state index in [1.807, 2.05) is 6.20 Å². The second-order valence-corrected chi connectivity index (χ2v) is 5.74. The molecule has 3 rings (SSSR count). The summed E-state index contributed by atoms with van der Waals surface area (Å²) in [5, 5.41) is 14.4. The minimum absolute atomic E-state index is 0. The molecule has 0 amide bonds. The Morgan fingerprint density at radius 1 is 1.45 bits per heavy atom. The van der Waals surface area contributed by atoms with Crippen LogP contribution in [0, 0.1) is 12.8 Å². The van der Waals surface area contributed by atoms with E-state index in [1.165, 1.54) is 30.5 Å². The molecule has 0 spiro atoms. The first-order valence-corrected chi connectivity index (χ1v) is 7.38. The van der Waals surface area contributed by atoms with Gasteiger partial charge in [-0.05, 0) is 25.7 Å². The maximum Gasteiger partial charge on any atom is 0.0623 e. The van der Waals surface area contributed by atoms with Crippen LogP contribution in [-0.4, -0.2) is 42.0 Å². The van der Waals surface area contributed by atoms with Crippen LogP contribution >= 0.6 is 12.4 Å². The first-order chi connectivity index (χ1) is 9.34. The molecule has 20 heavy (non-hydrogen) atoms. The molecule has 1 aromatic heterocycles. The third-order valence-electron chi connectivity index (χ3n) is 4.53. The molecule has 2 aliphatic rings. The standard InChI is InChI=1S/C14H24N4O.ClH/c1-10-11(8-17-18-10)7-16-13-4-2-3-12(13)14-9-19-6-5-15-14;/h8,12-16H,2-7,9H2,1H3,(H,17,18);1H. The Bertz CT molecular complexity index is 406. The van der Waals surface area contributed by atoms with Crippen molar-refractivity contribution < 1.29 is 4.74 Å². The molecular formula is C14H25ClN4O. The highest BCUT2D eigenvalue weighted by Gasteiger charge is 2.34. The summed E-state index contributed by atoms with van der Waals surface area (Å²) in [7, 11) is 0. The average Bonchev–Trinajstić information content (AvgIpc) is 3.06. The van der Waals surface area contributed by atoms with Gasteiger partial charge in [-0.1, -0.05) is 6.42 Å². The van der Waals surface area contributed by atoms with Gasteiger partial charge in [0.1, 0.15) is 0 Å². The first-order valence-electron chi connectivity index (χ1n) is 7.38. The molecule has 0 radical (unpaired) electrons. The molecule has 114 valence electrons. The Balaban J connectivity index is 0.00000147. The Labute approximate surface area is 126 Å². The van der Waals surface area contributed by atoms with Gasteiger partial charge in [-0.15, -0.1) is 12.4 Å².